The second-order valence-corrected chi connectivity index (χ2v) is 4.74. The quantitative estimate of drug-likeness (QED) is 0.673. The van der Waals surface area contributed by atoms with Gasteiger partial charge in [0.05, 0.1) is 6.04 Å². The van der Waals surface area contributed by atoms with Crippen LogP contribution < -0.4 is 0 Å². The molecule has 0 aromatic rings. The molecule has 0 amide bonds. The number of nitrogens with zero attached hydrogens (tertiary/aromatic N) is 1. The standard InChI is InChI=1S/C12H21NO/c1-2-8-13-9-4-6-10-5-3-7-11(14)12(10)13/h10,12H,2-9H2,1H3/t10-,12?/m0/s1. The van der Waals surface area contributed by atoms with Gasteiger partial charge in [-0.25, -0.2) is 0 Å². The van der Waals surface area contributed by atoms with Crippen molar-refractivity contribution >= 4 is 5.78 Å². The summed E-state index contributed by atoms with van der Waals surface area (Å²) in [5, 5.41) is 0. The minimum atomic E-state index is 0.303. The Morgan fingerprint density at radius 2 is 2.14 bits per heavy atom. The maximum Gasteiger partial charge on any atom is 0.150 e. The van der Waals surface area contributed by atoms with E-state index >= 15 is 0 Å². The molecule has 1 aliphatic heterocycles. The second-order valence-electron chi connectivity index (χ2n) is 4.74. The molecule has 2 nitrogen and oxygen atoms in total. The van der Waals surface area contributed by atoms with Crippen LogP contribution in [-0.2, 0) is 4.79 Å². The molecule has 1 saturated carbocycles. The first-order valence-electron chi connectivity index (χ1n) is 6.09. The molecule has 0 spiro atoms. The molecule has 2 atom stereocenters. The Kier molecular flexibility index (Phi) is 3.22. The number of carbonyl (C=O) groups excluding carboxylic acids is 1. The van der Waals surface area contributed by atoms with Gasteiger partial charge in [0.15, 0.2) is 0 Å². The van der Waals surface area contributed by atoms with Crippen molar-refractivity contribution in [3.05, 3.63) is 0 Å². The lowest BCUT2D eigenvalue weighted by atomic mass is 9.77. The van der Waals surface area contributed by atoms with Crippen LogP contribution in [-0.4, -0.2) is 29.8 Å². The SMILES string of the molecule is CCCN1CCC[C@@H]2CCCC(=O)C21. The van der Waals surface area contributed by atoms with Gasteiger partial charge >= 0.3 is 0 Å². The highest BCUT2D eigenvalue weighted by Gasteiger charge is 2.37. The lowest BCUT2D eigenvalue weighted by Crippen LogP contribution is -2.51. The number of ketones is 1. The summed E-state index contributed by atoms with van der Waals surface area (Å²) < 4.78 is 0. The fourth-order valence-corrected chi connectivity index (χ4v) is 3.14. The third-order valence-electron chi connectivity index (χ3n) is 3.70. The van der Waals surface area contributed by atoms with Gasteiger partial charge in [-0.05, 0) is 51.1 Å². The summed E-state index contributed by atoms with van der Waals surface area (Å²) in [4.78, 5) is 14.3. The number of carbonyl (C=O) groups is 1. The van der Waals surface area contributed by atoms with Crippen molar-refractivity contribution in [1.29, 1.82) is 0 Å². The highest BCUT2D eigenvalue weighted by molar-refractivity contribution is 5.85. The van der Waals surface area contributed by atoms with E-state index in [9.17, 15) is 4.79 Å². The zero-order valence-electron chi connectivity index (χ0n) is 9.17. The minimum absolute atomic E-state index is 0.303. The second kappa shape index (κ2) is 4.43. The maximum absolute atomic E-state index is 11.9. The Bertz CT molecular complexity index is 210. The molecule has 2 heteroatoms. The van der Waals surface area contributed by atoms with Gasteiger partial charge in [0.2, 0.25) is 0 Å². The number of hydrogen-bond donors (Lipinski definition) is 0. The predicted molar refractivity (Wildman–Crippen MR) is 57.2 cm³/mol. The Hall–Kier alpha value is -0.370. The Labute approximate surface area is 86.7 Å². The summed E-state index contributed by atoms with van der Waals surface area (Å²) >= 11 is 0. The highest BCUT2D eigenvalue weighted by atomic mass is 16.1. The molecule has 0 N–H and O–H groups in total. The summed E-state index contributed by atoms with van der Waals surface area (Å²) in [6, 6.07) is 0.303. The zero-order valence-corrected chi connectivity index (χ0v) is 9.17. The Balaban J connectivity index is 2.06. The molecule has 2 aliphatic rings. The van der Waals surface area contributed by atoms with Crippen molar-refractivity contribution in [1.82, 2.24) is 4.90 Å². The van der Waals surface area contributed by atoms with Crippen molar-refractivity contribution in [2.45, 2.75) is 51.5 Å². The van der Waals surface area contributed by atoms with Gasteiger partial charge < -0.3 is 0 Å². The average Bonchev–Trinajstić information content (AvgIpc) is 2.19. The van der Waals surface area contributed by atoms with E-state index in [-0.39, 0.29) is 0 Å². The van der Waals surface area contributed by atoms with Crippen LogP contribution in [0.15, 0.2) is 0 Å². The van der Waals surface area contributed by atoms with Crippen LogP contribution in [0.25, 0.3) is 0 Å². The number of likely N-dealkylation sites (tertiary alicyclic amines) is 1. The van der Waals surface area contributed by atoms with E-state index in [2.05, 4.69) is 11.8 Å². The Morgan fingerprint density at radius 1 is 1.36 bits per heavy atom. The van der Waals surface area contributed by atoms with E-state index < -0.39 is 0 Å². The molecule has 1 unspecified atom stereocenters. The smallest absolute Gasteiger partial charge is 0.150 e. The molecule has 2 rings (SSSR count). The van der Waals surface area contributed by atoms with Crippen molar-refractivity contribution in [3.63, 3.8) is 0 Å². The van der Waals surface area contributed by atoms with Crippen LogP contribution in [0.1, 0.15) is 45.4 Å². The summed E-state index contributed by atoms with van der Waals surface area (Å²) in [5.41, 5.74) is 0. The lowest BCUT2D eigenvalue weighted by Gasteiger charge is -2.42. The lowest BCUT2D eigenvalue weighted by molar-refractivity contribution is -0.130. The number of hydrogen-bond acceptors (Lipinski definition) is 2. The zero-order chi connectivity index (χ0) is 9.97. The first kappa shape index (κ1) is 10.2. The normalized spacial score (nSPS) is 34.2. The predicted octanol–water partition coefficient (Wildman–Crippen LogP) is 2.23. The van der Waals surface area contributed by atoms with Crippen molar-refractivity contribution in [2.24, 2.45) is 5.92 Å². The fraction of sp³-hybridized carbons (Fsp3) is 0.917. The van der Waals surface area contributed by atoms with E-state index in [1.165, 1.54) is 25.7 Å². The molecule has 2 fully saturated rings. The van der Waals surface area contributed by atoms with Crippen molar-refractivity contribution in [3.8, 4) is 0 Å². The van der Waals surface area contributed by atoms with Crippen molar-refractivity contribution < 1.29 is 4.79 Å². The molecule has 80 valence electrons. The molecule has 1 saturated heterocycles. The largest absolute Gasteiger partial charge is 0.298 e. The van der Waals surface area contributed by atoms with E-state index in [0.717, 1.165) is 25.9 Å². The maximum atomic E-state index is 11.9. The van der Waals surface area contributed by atoms with Gasteiger partial charge in [-0.15, -0.1) is 0 Å². The van der Waals surface area contributed by atoms with Crippen LogP contribution in [0.3, 0.4) is 0 Å². The topological polar surface area (TPSA) is 20.3 Å². The first-order valence-corrected chi connectivity index (χ1v) is 6.09. The van der Waals surface area contributed by atoms with Gasteiger partial charge in [-0.2, -0.15) is 0 Å². The molecule has 0 radical (unpaired) electrons. The van der Waals surface area contributed by atoms with Crippen LogP contribution in [0.4, 0.5) is 0 Å². The highest BCUT2D eigenvalue weighted by Crippen LogP contribution is 2.33. The molecule has 0 aromatic carbocycles. The van der Waals surface area contributed by atoms with Crippen LogP contribution in [0.2, 0.25) is 0 Å². The van der Waals surface area contributed by atoms with Crippen LogP contribution in [0, 0.1) is 5.92 Å². The van der Waals surface area contributed by atoms with Gasteiger partial charge in [0, 0.05) is 6.42 Å². The number of fused-ring (bicyclic) bond motifs is 1. The molecule has 1 aliphatic carbocycles. The molecule has 0 aromatic heterocycles. The third kappa shape index (κ3) is 1.85. The van der Waals surface area contributed by atoms with Gasteiger partial charge in [-0.1, -0.05) is 6.92 Å². The molecular formula is C12H21NO. The molecule has 0 bridgehead atoms. The van der Waals surface area contributed by atoms with E-state index in [4.69, 9.17) is 0 Å². The monoisotopic (exact) mass is 195 g/mol. The van der Waals surface area contributed by atoms with Crippen LogP contribution >= 0.6 is 0 Å². The van der Waals surface area contributed by atoms with E-state index in [1.54, 1.807) is 0 Å². The van der Waals surface area contributed by atoms with Crippen LogP contribution in [0.5, 0.6) is 0 Å². The summed E-state index contributed by atoms with van der Waals surface area (Å²) in [6.45, 7) is 4.48. The molecule has 14 heavy (non-hydrogen) atoms. The molecular weight excluding hydrogens is 174 g/mol. The Morgan fingerprint density at radius 3 is 2.93 bits per heavy atom. The van der Waals surface area contributed by atoms with E-state index in [1.807, 2.05) is 0 Å². The molecule has 1 heterocycles. The summed E-state index contributed by atoms with van der Waals surface area (Å²) in [5.74, 6) is 1.21. The fourth-order valence-electron chi connectivity index (χ4n) is 3.14. The average molecular weight is 195 g/mol. The third-order valence-corrected chi connectivity index (χ3v) is 3.70. The van der Waals surface area contributed by atoms with Gasteiger partial charge in [-0.3, -0.25) is 9.69 Å². The van der Waals surface area contributed by atoms with Gasteiger partial charge in [0.1, 0.15) is 5.78 Å². The first-order chi connectivity index (χ1) is 6.83. The summed E-state index contributed by atoms with van der Waals surface area (Å²) in [6.07, 6.45) is 7.03. The van der Waals surface area contributed by atoms with Gasteiger partial charge in [0.25, 0.3) is 0 Å². The summed E-state index contributed by atoms with van der Waals surface area (Å²) in [7, 11) is 0. The van der Waals surface area contributed by atoms with Crippen molar-refractivity contribution in [2.75, 3.05) is 13.1 Å². The number of Topliss-reactive ketones (excluding diaryl/α,β-unsaturated/α-hetero) is 1. The number of piperidine rings is 1. The number of rotatable bonds is 2. The minimum Gasteiger partial charge on any atom is -0.298 e. The van der Waals surface area contributed by atoms with E-state index in [0.29, 0.717) is 17.7 Å².